The first-order valence-electron chi connectivity index (χ1n) is 4.69. The number of aromatic carboxylic acids is 1. The lowest BCUT2D eigenvalue weighted by molar-refractivity contribution is 0.0697. The quantitative estimate of drug-likeness (QED) is 0.696. The molecule has 92 valence electrons. The van der Waals surface area contributed by atoms with Crippen molar-refractivity contribution in [2.75, 3.05) is 18.5 Å². The monoisotopic (exact) mass is 258 g/mol. The van der Waals surface area contributed by atoms with E-state index in [0.29, 0.717) is 10.7 Å². The van der Waals surface area contributed by atoms with Crippen molar-refractivity contribution in [3.8, 4) is 0 Å². The molecule has 0 fully saturated rings. The molecule has 0 radical (unpaired) electrons. The molecule has 6 nitrogen and oxygen atoms in total. The van der Waals surface area contributed by atoms with Crippen LogP contribution in [-0.2, 0) is 4.74 Å². The van der Waals surface area contributed by atoms with Gasteiger partial charge in [-0.3, -0.25) is 0 Å². The van der Waals surface area contributed by atoms with Crippen LogP contribution in [0.5, 0.6) is 0 Å². The number of rotatable bonds is 5. The van der Waals surface area contributed by atoms with Crippen molar-refractivity contribution in [2.24, 2.45) is 5.73 Å². The lowest BCUT2D eigenvalue weighted by Gasteiger charge is -2.09. The summed E-state index contributed by atoms with van der Waals surface area (Å²) in [5.41, 5.74) is 5.22. The molecule has 1 aromatic carbocycles. The summed E-state index contributed by atoms with van der Waals surface area (Å²) in [6.07, 6.45) is -0.874. The van der Waals surface area contributed by atoms with Gasteiger partial charge < -0.3 is 20.9 Å². The molecule has 7 heteroatoms. The van der Waals surface area contributed by atoms with Crippen LogP contribution in [-0.4, -0.2) is 30.3 Å². The van der Waals surface area contributed by atoms with Gasteiger partial charge in [0.15, 0.2) is 0 Å². The van der Waals surface area contributed by atoms with Crippen molar-refractivity contribution in [3.63, 3.8) is 0 Å². The fraction of sp³-hybridized carbons (Fsp3) is 0.200. The average molecular weight is 259 g/mol. The van der Waals surface area contributed by atoms with Gasteiger partial charge >= 0.3 is 12.1 Å². The minimum atomic E-state index is -1.09. The Morgan fingerprint density at radius 1 is 1.47 bits per heavy atom. The molecule has 0 unspecified atom stereocenters. The Balaban J connectivity index is 2.64. The summed E-state index contributed by atoms with van der Waals surface area (Å²) in [5, 5.41) is 12.1. The normalized spacial score (nSPS) is 9.71. The summed E-state index contributed by atoms with van der Waals surface area (Å²) in [6, 6.07) is 4.43. The third kappa shape index (κ3) is 4.20. The van der Waals surface area contributed by atoms with E-state index in [1.807, 2.05) is 0 Å². The lowest BCUT2D eigenvalue weighted by atomic mass is 10.2. The second kappa shape index (κ2) is 5.95. The SMILES string of the molecule is NC(=O)OCCNc1ccc(Cl)cc1C(=O)O. The second-order valence-corrected chi connectivity index (χ2v) is 3.53. The van der Waals surface area contributed by atoms with Crippen molar-refractivity contribution in [3.05, 3.63) is 28.8 Å². The molecular weight excluding hydrogens is 248 g/mol. The fourth-order valence-electron chi connectivity index (χ4n) is 1.18. The highest BCUT2D eigenvalue weighted by molar-refractivity contribution is 6.31. The van der Waals surface area contributed by atoms with Crippen LogP contribution in [0.25, 0.3) is 0 Å². The molecule has 0 aromatic heterocycles. The first-order chi connectivity index (χ1) is 8.00. The number of benzene rings is 1. The number of anilines is 1. The zero-order chi connectivity index (χ0) is 12.8. The van der Waals surface area contributed by atoms with E-state index < -0.39 is 12.1 Å². The Labute approximate surface area is 102 Å². The van der Waals surface area contributed by atoms with Crippen molar-refractivity contribution >= 4 is 29.4 Å². The maximum Gasteiger partial charge on any atom is 0.404 e. The van der Waals surface area contributed by atoms with Gasteiger partial charge in [0.05, 0.1) is 5.56 Å². The third-order valence-electron chi connectivity index (χ3n) is 1.87. The fourth-order valence-corrected chi connectivity index (χ4v) is 1.36. The number of hydrogen-bond acceptors (Lipinski definition) is 4. The van der Waals surface area contributed by atoms with Gasteiger partial charge in [0.1, 0.15) is 6.61 Å². The lowest BCUT2D eigenvalue weighted by Crippen LogP contribution is -2.19. The Kier molecular flexibility index (Phi) is 4.59. The highest BCUT2D eigenvalue weighted by atomic mass is 35.5. The van der Waals surface area contributed by atoms with Crippen molar-refractivity contribution in [2.45, 2.75) is 0 Å². The molecule has 1 amide bonds. The van der Waals surface area contributed by atoms with Gasteiger partial charge in [0, 0.05) is 17.3 Å². The number of carbonyl (C=O) groups is 2. The molecule has 0 heterocycles. The van der Waals surface area contributed by atoms with Crippen molar-refractivity contribution in [1.82, 2.24) is 0 Å². The van der Waals surface area contributed by atoms with Gasteiger partial charge in [-0.25, -0.2) is 9.59 Å². The van der Waals surface area contributed by atoms with E-state index >= 15 is 0 Å². The number of nitrogens with one attached hydrogen (secondary N) is 1. The average Bonchev–Trinajstić information content (AvgIpc) is 2.25. The second-order valence-electron chi connectivity index (χ2n) is 3.09. The van der Waals surface area contributed by atoms with Gasteiger partial charge in [-0.15, -0.1) is 0 Å². The molecule has 0 aliphatic rings. The van der Waals surface area contributed by atoms with Crippen LogP contribution < -0.4 is 11.1 Å². The standard InChI is InChI=1S/C10H11ClN2O4/c11-6-1-2-8(7(5-6)9(14)15)13-3-4-17-10(12)16/h1-2,5,13H,3-4H2,(H2,12,16)(H,14,15). The minimum Gasteiger partial charge on any atom is -0.478 e. The highest BCUT2D eigenvalue weighted by Gasteiger charge is 2.10. The predicted octanol–water partition coefficient (Wildman–Crippen LogP) is 1.55. The molecule has 0 saturated carbocycles. The zero-order valence-electron chi connectivity index (χ0n) is 8.77. The van der Waals surface area contributed by atoms with E-state index in [2.05, 4.69) is 10.1 Å². The Bertz CT molecular complexity index is 436. The van der Waals surface area contributed by atoms with E-state index in [0.717, 1.165) is 0 Å². The first kappa shape index (κ1) is 13.1. The number of primary amides is 1. The van der Waals surface area contributed by atoms with Crippen LogP contribution in [0.4, 0.5) is 10.5 Å². The molecule has 1 rings (SSSR count). The number of halogens is 1. The van der Waals surface area contributed by atoms with Crippen LogP contribution in [0.15, 0.2) is 18.2 Å². The molecular formula is C10H11ClN2O4. The van der Waals surface area contributed by atoms with E-state index in [9.17, 15) is 9.59 Å². The molecule has 0 spiro atoms. The Hall–Kier alpha value is -1.95. The topological polar surface area (TPSA) is 102 Å². The van der Waals surface area contributed by atoms with Gasteiger partial charge in [-0.2, -0.15) is 0 Å². The summed E-state index contributed by atoms with van der Waals surface area (Å²) in [4.78, 5) is 21.2. The number of nitrogens with two attached hydrogens (primary N) is 1. The molecule has 0 saturated heterocycles. The zero-order valence-corrected chi connectivity index (χ0v) is 9.53. The summed E-state index contributed by atoms with van der Waals surface area (Å²) in [6.45, 7) is 0.307. The molecule has 0 bridgehead atoms. The highest BCUT2D eigenvalue weighted by Crippen LogP contribution is 2.20. The molecule has 0 aliphatic heterocycles. The van der Waals surface area contributed by atoms with E-state index in [1.165, 1.54) is 12.1 Å². The summed E-state index contributed by atoms with van der Waals surface area (Å²) < 4.78 is 4.49. The summed E-state index contributed by atoms with van der Waals surface area (Å²) >= 11 is 5.69. The van der Waals surface area contributed by atoms with Gasteiger partial charge in [0.2, 0.25) is 0 Å². The predicted molar refractivity (Wildman–Crippen MR) is 62.4 cm³/mol. The smallest absolute Gasteiger partial charge is 0.404 e. The van der Waals surface area contributed by atoms with Crippen LogP contribution in [0.2, 0.25) is 5.02 Å². The minimum absolute atomic E-state index is 0.0524. The molecule has 1 aromatic rings. The van der Waals surface area contributed by atoms with Crippen LogP contribution in [0.3, 0.4) is 0 Å². The first-order valence-corrected chi connectivity index (χ1v) is 5.07. The third-order valence-corrected chi connectivity index (χ3v) is 2.11. The maximum absolute atomic E-state index is 10.9. The number of carboxylic acids is 1. The Morgan fingerprint density at radius 3 is 2.76 bits per heavy atom. The van der Waals surface area contributed by atoms with Gasteiger partial charge in [0.25, 0.3) is 0 Å². The van der Waals surface area contributed by atoms with E-state index in [-0.39, 0.29) is 18.7 Å². The summed E-state index contributed by atoms with van der Waals surface area (Å²) in [7, 11) is 0. The number of amides is 1. The summed E-state index contributed by atoms with van der Waals surface area (Å²) in [5.74, 6) is -1.09. The number of ether oxygens (including phenoxy) is 1. The maximum atomic E-state index is 10.9. The van der Waals surface area contributed by atoms with Crippen LogP contribution in [0.1, 0.15) is 10.4 Å². The molecule has 0 aliphatic carbocycles. The van der Waals surface area contributed by atoms with Crippen LogP contribution >= 0.6 is 11.6 Å². The number of carbonyl (C=O) groups excluding carboxylic acids is 1. The largest absolute Gasteiger partial charge is 0.478 e. The molecule has 0 atom stereocenters. The van der Waals surface area contributed by atoms with E-state index in [4.69, 9.17) is 22.4 Å². The molecule has 17 heavy (non-hydrogen) atoms. The van der Waals surface area contributed by atoms with Crippen LogP contribution in [0, 0.1) is 0 Å². The number of carboxylic acid groups (broad SMARTS) is 1. The van der Waals surface area contributed by atoms with Crippen molar-refractivity contribution in [1.29, 1.82) is 0 Å². The molecule has 4 N–H and O–H groups in total. The van der Waals surface area contributed by atoms with Gasteiger partial charge in [-0.05, 0) is 18.2 Å². The Morgan fingerprint density at radius 2 is 2.18 bits per heavy atom. The van der Waals surface area contributed by atoms with E-state index in [1.54, 1.807) is 6.07 Å². The number of hydrogen-bond donors (Lipinski definition) is 3. The van der Waals surface area contributed by atoms with Gasteiger partial charge in [-0.1, -0.05) is 11.6 Å². The van der Waals surface area contributed by atoms with Crippen molar-refractivity contribution < 1.29 is 19.4 Å².